The highest BCUT2D eigenvalue weighted by molar-refractivity contribution is 5.88. The van der Waals surface area contributed by atoms with Crippen LogP contribution in [0.5, 0.6) is 0 Å². The molecule has 0 heterocycles. The summed E-state index contributed by atoms with van der Waals surface area (Å²) < 4.78 is 0. The molecule has 0 N–H and O–H groups in total. The summed E-state index contributed by atoms with van der Waals surface area (Å²) in [6.45, 7) is 10.8. The van der Waals surface area contributed by atoms with Gasteiger partial charge in [-0.1, -0.05) is 59.6 Å². The summed E-state index contributed by atoms with van der Waals surface area (Å²) in [7, 11) is 0. The van der Waals surface area contributed by atoms with Crippen LogP contribution in [0.2, 0.25) is 0 Å². The van der Waals surface area contributed by atoms with Gasteiger partial charge in [0.2, 0.25) is 0 Å². The lowest BCUT2D eigenvalue weighted by atomic mass is 9.80. The van der Waals surface area contributed by atoms with Crippen LogP contribution in [0.15, 0.2) is 24.3 Å². The lowest BCUT2D eigenvalue weighted by Crippen LogP contribution is -2.32. The average Bonchev–Trinajstić information content (AvgIpc) is 2.48. The minimum absolute atomic E-state index is 0.0153. The first-order chi connectivity index (χ1) is 10.3. The zero-order valence-corrected chi connectivity index (χ0v) is 14.4. The molecular formula is C19H28O3. The number of rotatable bonds is 3. The fourth-order valence-electron chi connectivity index (χ4n) is 2.93. The monoisotopic (exact) mass is 304 g/mol. The molecule has 1 aliphatic rings. The van der Waals surface area contributed by atoms with Gasteiger partial charge >= 0.3 is 5.97 Å². The van der Waals surface area contributed by atoms with Gasteiger partial charge in [0.25, 0.3) is 0 Å². The van der Waals surface area contributed by atoms with Crippen LogP contribution in [0.25, 0.3) is 0 Å². The topological polar surface area (TPSA) is 35.5 Å². The molecule has 0 bridgehead atoms. The highest BCUT2D eigenvalue weighted by atomic mass is 17.2. The number of carbonyl (C=O) groups excluding carboxylic acids is 1. The zero-order valence-electron chi connectivity index (χ0n) is 14.4. The highest BCUT2D eigenvalue weighted by Crippen LogP contribution is 2.31. The molecule has 1 aromatic carbocycles. The molecule has 0 spiro atoms. The second-order valence-electron chi connectivity index (χ2n) is 7.60. The predicted octanol–water partition coefficient (Wildman–Crippen LogP) is 4.90. The molecule has 0 aliphatic heterocycles. The van der Waals surface area contributed by atoms with Crippen molar-refractivity contribution in [3.8, 4) is 0 Å². The Labute approximate surface area is 133 Å². The molecule has 0 amide bonds. The molecule has 1 fully saturated rings. The molecule has 22 heavy (non-hydrogen) atoms. The third-order valence-corrected chi connectivity index (χ3v) is 4.87. The molecule has 1 saturated carbocycles. The summed E-state index contributed by atoms with van der Waals surface area (Å²) in [4.78, 5) is 22.6. The second kappa shape index (κ2) is 6.82. The van der Waals surface area contributed by atoms with E-state index in [0.717, 1.165) is 12.8 Å². The summed E-state index contributed by atoms with van der Waals surface area (Å²) >= 11 is 0. The first-order valence-electron chi connectivity index (χ1n) is 8.27. The standard InChI is InChI=1S/C19H28O3/c1-13-7-6-8-17(14(13)2)21-22-18(20)15-9-11-16(12-10-15)19(3,4)5/h9-14,17H,6-8H2,1-5H3. The smallest absolute Gasteiger partial charge is 0.293 e. The third-order valence-electron chi connectivity index (χ3n) is 4.87. The average molecular weight is 304 g/mol. The molecule has 1 aromatic rings. The van der Waals surface area contributed by atoms with Crippen molar-refractivity contribution in [3.05, 3.63) is 35.4 Å². The van der Waals surface area contributed by atoms with Crippen molar-refractivity contribution < 1.29 is 14.6 Å². The van der Waals surface area contributed by atoms with E-state index >= 15 is 0 Å². The van der Waals surface area contributed by atoms with Crippen molar-refractivity contribution in [1.82, 2.24) is 0 Å². The Morgan fingerprint density at radius 3 is 2.32 bits per heavy atom. The van der Waals surface area contributed by atoms with Crippen molar-refractivity contribution in [3.63, 3.8) is 0 Å². The van der Waals surface area contributed by atoms with Gasteiger partial charge in [0.1, 0.15) is 6.10 Å². The van der Waals surface area contributed by atoms with Crippen LogP contribution in [0.1, 0.15) is 69.8 Å². The summed E-state index contributed by atoms with van der Waals surface area (Å²) in [5, 5.41) is 0. The van der Waals surface area contributed by atoms with Crippen LogP contribution in [0, 0.1) is 11.8 Å². The molecule has 0 radical (unpaired) electrons. The lowest BCUT2D eigenvalue weighted by molar-refractivity contribution is -0.292. The quantitative estimate of drug-likeness (QED) is 0.588. The molecule has 3 unspecified atom stereocenters. The predicted molar refractivity (Wildman–Crippen MR) is 87.6 cm³/mol. The molecule has 3 atom stereocenters. The van der Waals surface area contributed by atoms with E-state index < -0.39 is 5.97 Å². The van der Waals surface area contributed by atoms with Crippen LogP contribution < -0.4 is 0 Å². The molecule has 122 valence electrons. The Bertz CT molecular complexity index is 498. The van der Waals surface area contributed by atoms with E-state index in [0.29, 0.717) is 17.4 Å². The molecule has 2 rings (SSSR count). The van der Waals surface area contributed by atoms with E-state index in [-0.39, 0.29) is 11.5 Å². The Balaban J connectivity index is 1.92. The van der Waals surface area contributed by atoms with Crippen LogP contribution in [0.3, 0.4) is 0 Å². The van der Waals surface area contributed by atoms with Gasteiger partial charge in [-0.15, -0.1) is 0 Å². The van der Waals surface area contributed by atoms with Crippen LogP contribution in [-0.2, 0) is 15.2 Å². The number of benzene rings is 1. The van der Waals surface area contributed by atoms with Gasteiger partial charge in [-0.2, -0.15) is 4.89 Å². The Kier molecular flexibility index (Phi) is 5.28. The van der Waals surface area contributed by atoms with E-state index in [1.165, 1.54) is 12.0 Å². The molecular weight excluding hydrogens is 276 g/mol. The van der Waals surface area contributed by atoms with Gasteiger partial charge in [-0.25, -0.2) is 4.79 Å². The third kappa shape index (κ3) is 4.10. The largest absolute Gasteiger partial charge is 0.373 e. The Morgan fingerprint density at radius 1 is 1.09 bits per heavy atom. The van der Waals surface area contributed by atoms with Gasteiger partial charge in [0, 0.05) is 0 Å². The molecule has 0 saturated heterocycles. The molecule has 0 aromatic heterocycles. The van der Waals surface area contributed by atoms with E-state index in [1.54, 1.807) is 12.1 Å². The first-order valence-corrected chi connectivity index (χ1v) is 8.27. The number of carbonyl (C=O) groups is 1. The second-order valence-corrected chi connectivity index (χ2v) is 7.60. The molecule has 3 heteroatoms. The maximum Gasteiger partial charge on any atom is 0.373 e. The van der Waals surface area contributed by atoms with Gasteiger partial charge in [-0.05, 0) is 41.4 Å². The van der Waals surface area contributed by atoms with Crippen LogP contribution >= 0.6 is 0 Å². The zero-order chi connectivity index (χ0) is 16.3. The fraction of sp³-hybridized carbons (Fsp3) is 0.632. The minimum atomic E-state index is -0.411. The number of hydrogen-bond acceptors (Lipinski definition) is 3. The number of hydrogen-bond donors (Lipinski definition) is 0. The SMILES string of the molecule is CC1CCCC(OOC(=O)c2ccc(C(C)(C)C)cc2)C1C. The van der Waals surface area contributed by atoms with E-state index in [9.17, 15) is 4.79 Å². The van der Waals surface area contributed by atoms with E-state index in [1.807, 2.05) is 12.1 Å². The summed E-state index contributed by atoms with van der Waals surface area (Å²) in [5.74, 6) is 0.624. The van der Waals surface area contributed by atoms with Crippen molar-refractivity contribution >= 4 is 5.97 Å². The van der Waals surface area contributed by atoms with Gasteiger partial charge < -0.3 is 0 Å². The van der Waals surface area contributed by atoms with Crippen molar-refractivity contribution in [1.29, 1.82) is 0 Å². The summed E-state index contributed by atoms with van der Waals surface area (Å²) in [6, 6.07) is 7.56. The van der Waals surface area contributed by atoms with Crippen LogP contribution in [0.4, 0.5) is 0 Å². The fourth-order valence-corrected chi connectivity index (χ4v) is 2.93. The maximum atomic E-state index is 12.1. The van der Waals surface area contributed by atoms with Gasteiger partial charge in [0.05, 0.1) is 5.56 Å². The van der Waals surface area contributed by atoms with Crippen molar-refractivity contribution in [2.75, 3.05) is 0 Å². The lowest BCUT2D eigenvalue weighted by Gasteiger charge is -2.32. The summed E-state index contributed by atoms with van der Waals surface area (Å²) in [6.07, 6.45) is 3.33. The first kappa shape index (κ1) is 17.0. The van der Waals surface area contributed by atoms with Gasteiger partial charge in [-0.3, -0.25) is 4.89 Å². The highest BCUT2D eigenvalue weighted by Gasteiger charge is 2.29. The molecule has 3 nitrogen and oxygen atoms in total. The Hall–Kier alpha value is -1.35. The van der Waals surface area contributed by atoms with Crippen LogP contribution in [-0.4, -0.2) is 12.1 Å². The minimum Gasteiger partial charge on any atom is -0.293 e. The van der Waals surface area contributed by atoms with Crippen molar-refractivity contribution in [2.45, 2.75) is 65.4 Å². The Morgan fingerprint density at radius 2 is 1.73 bits per heavy atom. The van der Waals surface area contributed by atoms with E-state index in [4.69, 9.17) is 9.78 Å². The summed E-state index contributed by atoms with van der Waals surface area (Å²) in [5.41, 5.74) is 1.80. The van der Waals surface area contributed by atoms with Crippen molar-refractivity contribution in [2.24, 2.45) is 11.8 Å². The normalized spacial score (nSPS) is 25.8. The maximum absolute atomic E-state index is 12.1. The van der Waals surface area contributed by atoms with E-state index in [2.05, 4.69) is 34.6 Å². The van der Waals surface area contributed by atoms with Gasteiger partial charge in [0.15, 0.2) is 0 Å². The molecule has 1 aliphatic carbocycles.